The van der Waals surface area contributed by atoms with Crippen molar-refractivity contribution < 1.29 is 13.9 Å². The Hall–Kier alpha value is -1.98. The molecule has 2 unspecified atom stereocenters. The molecule has 1 saturated heterocycles. The van der Waals surface area contributed by atoms with E-state index >= 15 is 0 Å². The average molecular weight is 316 g/mol. The molecule has 0 saturated carbocycles. The molecule has 0 amide bonds. The fourth-order valence-corrected chi connectivity index (χ4v) is 2.78. The molecule has 23 heavy (non-hydrogen) atoms. The van der Waals surface area contributed by atoms with Crippen LogP contribution in [0.3, 0.4) is 0 Å². The predicted molar refractivity (Wildman–Crippen MR) is 87.3 cm³/mol. The van der Waals surface area contributed by atoms with Gasteiger partial charge in [-0.1, -0.05) is 36.4 Å². The Bertz CT molecular complexity index is 623. The summed E-state index contributed by atoms with van der Waals surface area (Å²) in [6.45, 7) is 0.906. The van der Waals surface area contributed by atoms with Gasteiger partial charge in [-0.2, -0.15) is 0 Å². The topological polar surface area (TPSA) is 34.6 Å². The van der Waals surface area contributed by atoms with Crippen molar-refractivity contribution in [3.05, 3.63) is 59.8 Å². The Morgan fingerprint density at radius 3 is 2.74 bits per heavy atom. The summed E-state index contributed by atoms with van der Waals surface area (Å²) in [6.07, 6.45) is -0.718. The summed E-state index contributed by atoms with van der Waals surface area (Å²) in [5.41, 5.74) is 2.19. The van der Waals surface area contributed by atoms with Crippen LogP contribution in [0.15, 0.2) is 48.5 Å². The molecule has 1 aliphatic heterocycles. The Morgan fingerprint density at radius 1 is 1.13 bits per heavy atom. The second-order valence-electron chi connectivity index (χ2n) is 5.68. The highest BCUT2D eigenvalue weighted by Crippen LogP contribution is 2.23. The zero-order chi connectivity index (χ0) is 16.1. The maximum absolute atomic E-state index is 14.0. The van der Waals surface area contributed by atoms with Crippen LogP contribution in [-0.4, -0.2) is 44.3 Å². The first kappa shape index (κ1) is 15.9. The van der Waals surface area contributed by atoms with Crippen LogP contribution in [-0.2, 0) is 15.9 Å². The molecule has 5 heteroatoms. The zero-order valence-corrected chi connectivity index (χ0v) is 13.2. The lowest BCUT2D eigenvalue weighted by Gasteiger charge is -2.17. The second kappa shape index (κ2) is 7.53. The van der Waals surface area contributed by atoms with Crippen LogP contribution >= 0.6 is 0 Å². The van der Waals surface area contributed by atoms with Gasteiger partial charge in [0.05, 0.1) is 6.54 Å². The van der Waals surface area contributed by atoms with Crippen molar-refractivity contribution in [2.45, 2.75) is 18.7 Å². The number of nitrogens with zero attached hydrogens (tertiary/aromatic N) is 2. The maximum Gasteiger partial charge on any atom is 0.146 e. The summed E-state index contributed by atoms with van der Waals surface area (Å²) in [5, 5.41) is 0. The van der Waals surface area contributed by atoms with Crippen LogP contribution in [0.4, 0.5) is 10.2 Å². The number of rotatable bonds is 6. The van der Waals surface area contributed by atoms with E-state index in [1.807, 2.05) is 41.3 Å². The molecule has 3 rings (SSSR count). The SMILES string of the molecule is COCOC1CN(c2cccc(Cc3ccccc3)n2)CC1F. The highest BCUT2D eigenvalue weighted by molar-refractivity contribution is 5.42. The second-order valence-corrected chi connectivity index (χ2v) is 5.68. The highest BCUT2D eigenvalue weighted by Gasteiger charge is 2.34. The quantitative estimate of drug-likeness (QED) is 0.768. The van der Waals surface area contributed by atoms with E-state index in [0.717, 1.165) is 17.9 Å². The normalized spacial score (nSPS) is 20.9. The van der Waals surface area contributed by atoms with Crippen molar-refractivity contribution in [3.63, 3.8) is 0 Å². The van der Waals surface area contributed by atoms with Gasteiger partial charge >= 0.3 is 0 Å². The largest absolute Gasteiger partial charge is 0.359 e. The molecule has 0 radical (unpaired) electrons. The minimum atomic E-state index is -1.02. The number of hydrogen-bond donors (Lipinski definition) is 0. The molecule has 0 N–H and O–H groups in total. The van der Waals surface area contributed by atoms with Gasteiger partial charge in [-0.15, -0.1) is 0 Å². The van der Waals surface area contributed by atoms with Crippen LogP contribution in [0.25, 0.3) is 0 Å². The first-order valence-corrected chi connectivity index (χ1v) is 7.75. The van der Waals surface area contributed by atoms with Crippen LogP contribution in [0.1, 0.15) is 11.3 Å². The molecule has 122 valence electrons. The smallest absolute Gasteiger partial charge is 0.146 e. The summed E-state index contributed by atoms with van der Waals surface area (Å²) < 4.78 is 24.3. The Labute approximate surface area is 135 Å². The molecule has 0 bridgehead atoms. The van der Waals surface area contributed by atoms with Gasteiger partial charge < -0.3 is 14.4 Å². The van der Waals surface area contributed by atoms with Crippen molar-refractivity contribution in [2.75, 3.05) is 31.9 Å². The molecule has 1 aromatic carbocycles. The summed E-state index contributed by atoms with van der Waals surface area (Å²) >= 11 is 0. The number of halogens is 1. The van der Waals surface area contributed by atoms with E-state index in [4.69, 9.17) is 9.47 Å². The first-order chi connectivity index (χ1) is 11.3. The third kappa shape index (κ3) is 4.06. The van der Waals surface area contributed by atoms with Gasteiger partial charge in [-0.3, -0.25) is 0 Å². The van der Waals surface area contributed by atoms with Gasteiger partial charge in [-0.25, -0.2) is 9.37 Å². The number of hydrogen-bond acceptors (Lipinski definition) is 4. The molecule has 4 nitrogen and oxygen atoms in total. The number of alkyl halides is 1. The third-order valence-corrected chi connectivity index (χ3v) is 3.94. The van der Waals surface area contributed by atoms with Crippen LogP contribution in [0.2, 0.25) is 0 Å². The fraction of sp³-hybridized carbons (Fsp3) is 0.389. The Balaban J connectivity index is 1.68. The van der Waals surface area contributed by atoms with Crippen LogP contribution < -0.4 is 4.90 Å². The maximum atomic E-state index is 14.0. The van der Waals surface area contributed by atoms with Gasteiger partial charge in [-0.05, 0) is 17.7 Å². The van der Waals surface area contributed by atoms with Gasteiger partial charge in [0.25, 0.3) is 0 Å². The summed E-state index contributed by atoms with van der Waals surface area (Å²) in [6, 6.07) is 16.1. The van der Waals surface area contributed by atoms with Crippen LogP contribution in [0.5, 0.6) is 0 Å². The van der Waals surface area contributed by atoms with Gasteiger partial charge in [0.1, 0.15) is 24.9 Å². The number of anilines is 1. The molecule has 1 fully saturated rings. The standard InChI is InChI=1S/C18H21FN2O2/c1-22-13-23-17-12-21(11-16(17)19)18-9-5-8-15(20-18)10-14-6-3-2-4-7-14/h2-9,16-17H,10-13H2,1H3. The number of pyridine rings is 1. The summed E-state index contributed by atoms with van der Waals surface area (Å²) in [4.78, 5) is 6.60. The van der Waals surface area contributed by atoms with E-state index in [9.17, 15) is 4.39 Å². The number of aromatic nitrogens is 1. The van der Waals surface area contributed by atoms with Crippen molar-refractivity contribution >= 4 is 5.82 Å². The minimum absolute atomic E-state index is 0.112. The van der Waals surface area contributed by atoms with Crippen molar-refractivity contribution in [1.82, 2.24) is 4.98 Å². The lowest BCUT2D eigenvalue weighted by Crippen LogP contribution is -2.25. The lowest BCUT2D eigenvalue weighted by atomic mass is 10.1. The molecule has 0 spiro atoms. The molecular formula is C18H21FN2O2. The van der Waals surface area contributed by atoms with Gasteiger partial charge in [0, 0.05) is 25.8 Å². The van der Waals surface area contributed by atoms with Crippen molar-refractivity contribution in [2.24, 2.45) is 0 Å². The fourth-order valence-electron chi connectivity index (χ4n) is 2.78. The average Bonchev–Trinajstić information content (AvgIpc) is 2.95. The monoisotopic (exact) mass is 316 g/mol. The highest BCUT2D eigenvalue weighted by atomic mass is 19.1. The molecule has 1 aromatic heterocycles. The molecule has 1 aliphatic rings. The first-order valence-electron chi connectivity index (χ1n) is 7.75. The van der Waals surface area contributed by atoms with E-state index in [2.05, 4.69) is 17.1 Å². The van der Waals surface area contributed by atoms with E-state index in [-0.39, 0.29) is 6.79 Å². The zero-order valence-electron chi connectivity index (χ0n) is 13.2. The Kier molecular flexibility index (Phi) is 5.20. The van der Waals surface area contributed by atoms with E-state index in [1.165, 1.54) is 12.7 Å². The number of benzene rings is 1. The van der Waals surface area contributed by atoms with E-state index < -0.39 is 12.3 Å². The van der Waals surface area contributed by atoms with Gasteiger partial charge in [0.2, 0.25) is 0 Å². The molecule has 0 aliphatic carbocycles. The third-order valence-electron chi connectivity index (χ3n) is 3.94. The molecule has 2 aromatic rings. The van der Waals surface area contributed by atoms with Crippen molar-refractivity contribution in [3.8, 4) is 0 Å². The van der Waals surface area contributed by atoms with E-state index in [1.54, 1.807) is 0 Å². The van der Waals surface area contributed by atoms with Crippen molar-refractivity contribution in [1.29, 1.82) is 0 Å². The minimum Gasteiger partial charge on any atom is -0.359 e. The molecular weight excluding hydrogens is 295 g/mol. The number of methoxy groups -OCH3 is 1. The predicted octanol–water partition coefficient (Wildman–Crippen LogP) is 2.82. The lowest BCUT2D eigenvalue weighted by molar-refractivity contribution is -0.0815. The summed E-state index contributed by atoms with van der Waals surface area (Å²) in [7, 11) is 1.54. The number of ether oxygens (including phenoxy) is 2. The van der Waals surface area contributed by atoms with E-state index in [0.29, 0.717) is 13.1 Å². The van der Waals surface area contributed by atoms with Crippen LogP contribution in [0, 0.1) is 0 Å². The summed E-state index contributed by atoms with van der Waals surface area (Å²) in [5.74, 6) is 0.796. The molecule has 2 heterocycles. The molecule has 2 atom stereocenters. The van der Waals surface area contributed by atoms with Gasteiger partial charge in [0.15, 0.2) is 0 Å². The Morgan fingerprint density at radius 2 is 1.96 bits per heavy atom.